The van der Waals surface area contributed by atoms with Crippen LogP contribution >= 0.6 is 0 Å². The summed E-state index contributed by atoms with van der Waals surface area (Å²) in [4.78, 5) is 31.5. The van der Waals surface area contributed by atoms with Crippen molar-refractivity contribution in [3.63, 3.8) is 0 Å². The molecule has 10 heteroatoms. The molecule has 1 aromatic rings. The van der Waals surface area contributed by atoms with E-state index in [2.05, 4.69) is 26.7 Å². The number of hydrogen-bond acceptors (Lipinski definition) is 8. The molecule has 0 bridgehead atoms. The van der Waals surface area contributed by atoms with E-state index in [0.29, 0.717) is 12.5 Å². The van der Waals surface area contributed by atoms with Crippen molar-refractivity contribution in [3.05, 3.63) is 23.7 Å². The van der Waals surface area contributed by atoms with Crippen LogP contribution in [0, 0.1) is 6.92 Å². The number of alkyl carbamates (subject to hydrolysis) is 1. The minimum absolute atomic E-state index is 0.0208. The standard InChI is InChI=1S/C24H36N4O6/c1-15-21(22(27-14-26-15)33-13-20(29)30)16-7-9-17(10-8-16)32-12-19-18(6-5-11-25-19)28-23(31)34-24(2,3)4/h7,14,17-19,25H,5-6,8-13H2,1-4H3,(H,28,31)(H,29,30). The maximum Gasteiger partial charge on any atom is 0.407 e. The lowest BCUT2D eigenvalue weighted by atomic mass is 9.91. The summed E-state index contributed by atoms with van der Waals surface area (Å²) >= 11 is 0. The molecule has 34 heavy (non-hydrogen) atoms. The number of rotatable bonds is 8. The van der Waals surface area contributed by atoms with Crippen LogP contribution in [-0.4, -0.2) is 70.7 Å². The largest absolute Gasteiger partial charge is 0.479 e. The number of allylic oxidation sites excluding steroid dienone is 1. The van der Waals surface area contributed by atoms with Gasteiger partial charge in [0, 0.05) is 6.04 Å². The van der Waals surface area contributed by atoms with Gasteiger partial charge in [0.15, 0.2) is 6.61 Å². The van der Waals surface area contributed by atoms with Gasteiger partial charge in [0.05, 0.1) is 30.0 Å². The van der Waals surface area contributed by atoms with E-state index in [9.17, 15) is 9.59 Å². The molecule has 10 nitrogen and oxygen atoms in total. The third kappa shape index (κ3) is 7.66. The molecule has 0 saturated carbocycles. The Balaban J connectivity index is 1.56. The van der Waals surface area contributed by atoms with Gasteiger partial charge >= 0.3 is 12.1 Å². The van der Waals surface area contributed by atoms with Crippen molar-refractivity contribution in [1.29, 1.82) is 0 Å². The quantitative estimate of drug-likeness (QED) is 0.518. The van der Waals surface area contributed by atoms with Gasteiger partial charge in [-0.25, -0.2) is 19.6 Å². The van der Waals surface area contributed by atoms with Gasteiger partial charge in [-0.15, -0.1) is 0 Å². The fourth-order valence-electron chi connectivity index (χ4n) is 4.25. The number of carboxylic acids is 1. The van der Waals surface area contributed by atoms with Crippen LogP contribution in [-0.2, 0) is 14.3 Å². The molecule has 188 valence electrons. The number of carbonyl (C=O) groups is 2. The van der Waals surface area contributed by atoms with Crippen molar-refractivity contribution in [2.75, 3.05) is 19.8 Å². The number of aryl methyl sites for hydroxylation is 1. The highest BCUT2D eigenvalue weighted by Gasteiger charge is 2.29. The van der Waals surface area contributed by atoms with Crippen LogP contribution in [0.1, 0.15) is 64.1 Å². The van der Waals surface area contributed by atoms with Crippen LogP contribution < -0.4 is 15.4 Å². The summed E-state index contributed by atoms with van der Waals surface area (Å²) in [6.07, 6.45) is 7.27. The number of amides is 1. The molecule has 3 unspecified atom stereocenters. The molecule has 1 aliphatic heterocycles. The predicted octanol–water partition coefficient (Wildman–Crippen LogP) is 2.85. The lowest BCUT2D eigenvalue weighted by Gasteiger charge is -2.35. The number of ether oxygens (including phenoxy) is 3. The second-order valence-corrected chi connectivity index (χ2v) is 9.74. The Morgan fingerprint density at radius 1 is 1.26 bits per heavy atom. The van der Waals surface area contributed by atoms with Crippen molar-refractivity contribution in [1.82, 2.24) is 20.6 Å². The first kappa shape index (κ1) is 25.9. The Morgan fingerprint density at radius 2 is 2.06 bits per heavy atom. The normalized spacial score (nSPS) is 23.1. The second-order valence-electron chi connectivity index (χ2n) is 9.74. The van der Waals surface area contributed by atoms with Crippen LogP contribution in [0.3, 0.4) is 0 Å². The molecular formula is C24H36N4O6. The number of carboxylic acid groups (broad SMARTS) is 1. The summed E-state index contributed by atoms with van der Waals surface area (Å²) in [5, 5.41) is 15.4. The Bertz CT molecular complexity index is 898. The zero-order chi connectivity index (χ0) is 24.7. The van der Waals surface area contributed by atoms with Crippen LogP contribution in [0.25, 0.3) is 5.57 Å². The number of carbonyl (C=O) groups excluding carboxylic acids is 1. The van der Waals surface area contributed by atoms with Crippen LogP contribution in [0.15, 0.2) is 12.4 Å². The maximum absolute atomic E-state index is 12.2. The van der Waals surface area contributed by atoms with E-state index in [1.807, 2.05) is 27.7 Å². The number of aromatic nitrogens is 2. The topological polar surface area (TPSA) is 132 Å². The average molecular weight is 477 g/mol. The minimum atomic E-state index is -1.05. The third-order valence-electron chi connectivity index (χ3n) is 5.82. The van der Waals surface area contributed by atoms with Gasteiger partial charge in [-0.1, -0.05) is 6.08 Å². The molecule has 1 amide bonds. The van der Waals surface area contributed by atoms with Gasteiger partial charge in [0.25, 0.3) is 0 Å². The van der Waals surface area contributed by atoms with E-state index in [1.54, 1.807) is 0 Å². The van der Waals surface area contributed by atoms with Crippen molar-refractivity contribution in [2.24, 2.45) is 0 Å². The second kappa shape index (κ2) is 11.6. The fourth-order valence-corrected chi connectivity index (χ4v) is 4.25. The third-order valence-corrected chi connectivity index (χ3v) is 5.82. The summed E-state index contributed by atoms with van der Waals surface area (Å²) in [6.45, 7) is 8.34. The molecule has 3 N–H and O–H groups in total. The number of nitrogens with one attached hydrogen (secondary N) is 2. The van der Waals surface area contributed by atoms with E-state index in [0.717, 1.165) is 55.5 Å². The Morgan fingerprint density at radius 3 is 2.74 bits per heavy atom. The van der Waals surface area contributed by atoms with Crippen LogP contribution in [0.2, 0.25) is 0 Å². The molecule has 1 aliphatic carbocycles. The summed E-state index contributed by atoms with van der Waals surface area (Å²) in [5.74, 6) is -0.757. The molecule has 3 rings (SSSR count). The number of hydrogen-bond donors (Lipinski definition) is 3. The van der Waals surface area contributed by atoms with E-state index in [4.69, 9.17) is 19.3 Å². The lowest BCUT2D eigenvalue weighted by molar-refractivity contribution is -0.139. The Labute approximate surface area is 200 Å². The monoisotopic (exact) mass is 476 g/mol. The van der Waals surface area contributed by atoms with Crippen LogP contribution in [0.4, 0.5) is 4.79 Å². The van der Waals surface area contributed by atoms with Gasteiger partial charge in [0.2, 0.25) is 5.88 Å². The maximum atomic E-state index is 12.2. The number of piperidine rings is 1. The first-order chi connectivity index (χ1) is 16.1. The fraction of sp³-hybridized carbons (Fsp3) is 0.667. The molecular weight excluding hydrogens is 440 g/mol. The van der Waals surface area contributed by atoms with E-state index in [1.165, 1.54) is 6.33 Å². The highest BCUT2D eigenvalue weighted by Crippen LogP contribution is 2.34. The molecule has 0 aromatic carbocycles. The SMILES string of the molecule is Cc1ncnc(OCC(=O)O)c1C1=CCC(OCC2NCCCC2NC(=O)OC(C)(C)C)CC1. The molecule has 1 aromatic heterocycles. The van der Waals surface area contributed by atoms with E-state index < -0.39 is 24.3 Å². The molecule has 1 fully saturated rings. The van der Waals surface area contributed by atoms with Gasteiger partial charge in [0.1, 0.15) is 11.9 Å². The summed E-state index contributed by atoms with van der Waals surface area (Å²) in [6, 6.07) is -0.0243. The van der Waals surface area contributed by atoms with Gasteiger partial charge in [-0.3, -0.25) is 0 Å². The van der Waals surface area contributed by atoms with Gasteiger partial charge in [-0.05, 0) is 71.9 Å². The summed E-state index contributed by atoms with van der Waals surface area (Å²) in [7, 11) is 0. The Kier molecular flexibility index (Phi) is 8.84. The lowest BCUT2D eigenvalue weighted by Crippen LogP contribution is -2.56. The molecule has 0 radical (unpaired) electrons. The van der Waals surface area contributed by atoms with Gasteiger partial charge < -0.3 is 30.0 Å². The summed E-state index contributed by atoms with van der Waals surface area (Å²) in [5.41, 5.74) is 2.02. The highest BCUT2D eigenvalue weighted by molar-refractivity contribution is 5.72. The van der Waals surface area contributed by atoms with Gasteiger partial charge in [-0.2, -0.15) is 0 Å². The van der Waals surface area contributed by atoms with E-state index in [-0.39, 0.29) is 18.2 Å². The van der Waals surface area contributed by atoms with Crippen molar-refractivity contribution < 1.29 is 28.9 Å². The molecule has 1 saturated heterocycles. The first-order valence-corrected chi connectivity index (χ1v) is 11.8. The Hall–Kier alpha value is -2.72. The minimum Gasteiger partial charge on any atom is -0.479 e. The number of aliphatic carboxylic acids is 1. The smallest absolute Gasteiger partial charge is 0.407 e. The zero-order valence-corrected chi connectivity index (χ0v) is 20.4. The van der Waals surface area contributed by atoms with Crippen molar-refractivity contribution >= 4 is 17.6 Å². The number of nitrogens with zero attached hydrogens (tertiary/aromatic N) is 2. The average Bonchev–Trinajstić information content (AvgIpc) is 2.76. The molecule has 2 aliphatic rings. The first-order valence-electron chi connectivity index (χ1n) is 11.8. The molecule has 0 spiro atoms. The predicted molar refractivity (Wildman–Crippen MR) is 126 cm³/mol. The molecule has 3 atom stereocenters. The highest BCUT2D eigenvalue weighted by atomic mass is 16.6. The summed E-state index contributed by atoms with van der Waals surface area (Å²) < 4.78 is 17.0. The zero-order valence-electron chi connectivity index (χ0n) is 20.4. The van der Waals surface area contributed by atoms with Crippen LogP contribution in [0.5, 0.6) is 5.88 Å². The van der Waals surface area contributed by atoms with E-state index >= 15 is 0 Å². The molecule has 2 heterocycles. The van der Waals surface area contributed by atoms with Crippen molar-refractivity contribution in [3.8, 4) is 5.88 Å². The van der Waals surface area contributed by atoms with Crippen molar-refractivity contribution in [2.45, 2.75) is 83.6 Å².